The summed E-state index contributed by atoms with van der Waals surface area (Å²) >= 11 is 0. The van der Waals surface area contributed by atoms with E-state index in [4.69, 9.17) is 0 Å². The summed E-state index contributed by atoms with van der Waals surface area (Å²) in [7, 11) is -2.90. The zero-order valence-corrected chi connectivity index (χ0v) is 8.57. The summed E-state index contributed by atoms with van der Waals surface area (Å²) in [6.45, 7) is 3.33. The molecule has 0 N–H and O–H groups in total. The maximum Gasteiger partial charge on any atom is 1.00 e. The molecule has 4 heteroatoms. The Bertz CT molecular complexity index is 86.0. The molecule has 8 heavy (non-hydrogen) atoms. The molecule has 0 saturated carbocycles. The van der Waals surface area contributed by atoms with Crippen LogP contribution in [0.2, 0.25) is 0 Å². The molecule has 0 heterocycles. The molecule has 0 saturated heterocycles. The molecule has 0 aliphatic carbocycles. The molecule has 0 spiro atoms. The molecule has 0 amide bonds. The zero-order valence-electron chi connectivity index (χ0n) is 5.68. The third-order valence-electron chi connectivity index (χ3n) is 0.964. The van der Waals surface area contributed by atoms with Crippen LogP contribution in [0.4, 0.5) is 0 Å². The molecule has 44 valence electrons. The largest absolute Gasteiger partial charge is 1.00 e. The van der Waals surface area contributed by atoms with Crippen molar-refractivity contribution in [2.45, 2.75) is 13.8 Å². The molecule has 0 aromatic heterocycles. The van der Waals surface area contributed by atoms with Crippen LogP contribution >= 0.6 is 7.37 Å². The Morgan fingerprint density at radius 1 is 1.38 bits per heavy atom. The first-order valence-corrected chi connectivity index (χ1v) is 4.41. The minimum absolute atomic E-state index is 0. The van der Waals surface area contributed by atoms with Crippen molar-refractivity contribution in [3.8, 4) is 0 Å². The molecular weight excluding hydrogens is 134 g/mol. The van der Waals surface area contributed by atoms with Crippen molar-refractivity contribution in [1.82, 2.24) is 0 Å². The number of hydrogen-bond donors (Lipinski definition) is 0. The van der Waals surface area contributed by atoms with Gasteiger partial charge in [-0.25, -0.2) is 0 Å². The van der Waals surface area contributed by atoms with Gasteiger partial charge in [0.05, 0.1) is 0 Å². The van der Waals surface area contributed by atoms with Crippen molar-refractivity contribution in [3.63, 3.8) is 0 Å². The van der Waals surface area contributed by atoms with Crippen molar-refractivity contribution in [1.29, 1.82) is 0 Å². The smallest absolute Gasteiger partial charge is 0.799 e. The Morgan fingerprint density at radius 2 is 1.62 bits per heavy atom. The van der Waals surface area contributed by atoms with E-state index in [2.05, 4.69) is 0 Å². The van der Waals surface area contributed by atoms with Gasteiger partial charge in [0.2, 0.25) is 0 Å². The maximum absolute atomic E-state index is 10.4. The minimum atomic E-state index is -2.90. The molecule has 0 bridgehead atoms. The average Bonchev–Trinajstić information content (AvgIpc) is 1.68. The van der Waals surface area contributed by atoms with Gasteiger partial charge in [-0.3, -0.25) is 0 Å². The molecule has 0 radical (unpaired) electrons. The Balaban J connectivity index is 0. The summed E-state index contributed by atoms with van der Waals surface area (Å²) < 4.78 is 10.4. The molecule has 0 rings (SSSR count). The summed E-state index contributed by atoms with van der Waals surface area (Å²) in [5.41, 5.74) is 0. The first-order chi connectivity index (χ1) is 3.12. The average molecular weight is 144 g/mol. The van der Waals surface area contributed by atoms with E-state index in [9.17, 15) is 9.46 Å². The van der Waals surface area contributed by atoms with Crippen molar-refractivity contribution in [3.05, 3.63) is 0 Å². The van der Waals surface area contributed by atoms with E-state index < -0.39 is 7.37 Å². The van der Waals surface area contributed by atoms with Gasteiger partial charge in [0.15, 0.2) is 0 Å². The SMILES string of the molecule is CCP(=O)([O-])CC.[Na+]. The van der Waals surface area contributed by atoms with Crippen molar-refractivity contribution in [2.75, 3.05) is 12.3 Å². The van der Waals surface area contributed by atoms with E-state index in [1.165, 1.54) is 0 Å². The third-order valence-corrected chi connectivity index (χ3v) is 2.89. The first-order valence-electron chi connectivity index (χ1n) is 2.41. The van der Waals surface area contributed by atoms with Gasteiger partial charge in [0, 0.05) is 7.37 Å². The summed E-state index contributed by atoms with van der Waals surface area (Å²) in [4.78, 5) is 10.4. The Morgan fingerprint density at radius 3 is 1.62 bits per heavy atom. The van der Waals surface area contributed by atoms with Gasteiger partial charge < -0.3 is 9.46 Å². The van der Waals surface area contributed by atoms with E-state index in [-0.39, 0.29) is 29.6 Å². The zero-order chi connectivity index (χ0) is 5.91. The van der Waals surface area contributed by atoms with Crippen molar-refractivity contribution < 1.29 is 39.0 Å². The molecule has 0 fully saturated rings. The predicted molar refractivity (Wildman–Crippen MR) is 28.7 cm³/mol. The second-order valence-electron chi connectivity index (χ2n) is 1.45. The summed E-state index contributed by atoms with van der Waals surface area (Å²) in [6, 6.07) is 0. The van der Waals surface area contributed by atoms with Gasteiger partial charge in [-0.1, -0.05) is 13.8 Å². The normalized spacial score (nSPS) is 10.4. The van der Waals surface area contributed by atoms with Gasteiger partial charge in [-0.2, -0.15) is 0 Å². The number of hydrogen-bond acceptors (Lipinski definition) is 2. The van der Waals surface area contributed by atoms with Gasteiger partial charge in [0.25, 0.3) is 0 Å². The summed E-state index contributed by atoms with van der Waals surface area (Å²) in [6.07, 6.45) is 0.590. The Hall–Kier alpha value is 1.19. The fourth-order valence-corrected chi connectivity index (χ4v) is 0.671. The Kier molecular flexibility index (Phi) is 7.47. The standard InChI is InChI=1S/C4H11O2P.Na/c1-3-7(5,6)4-2;/h3-4H2,1-2H3,(H,5,6);/q;+1/p-1. The van der Waals surface area contributed by atoms with Gasteiger partial charge >= 0.3 is 29.6 Å². The maximum atomic E-state index is 10.4. The topological polar surface area (TPSA) is 40.1 Å². The Labute approximate surface area is 72.4 Å². The van der Waals surface area contributed by atoms with E-state index >= 15 is 0 Å². The van der Waals surface area contributed by atoms with Crippen LogP contribution < -0.4 is 34.5 Å². The van der Waals surface area contributed by atoms with Crippen LogP contribution in [0.15, 0.2) is 0 Å². The van der Waals surface area contributed by atoms with Crippen LogP contribution in [0.5, 0.6) is 0 Å². The second kappa shape index (κ2) is 5.01. The van der Waals surface area contributed by atoms with Crippen molar-refractivity contribution in [2.24, 2.45) is 0 Å². The molecular formula is C4H10NaO2P. The van der Waals surface area contributed by atoms with Crippen LogP contribution in [-0.4, -0.2) is 12.3 Å². The summed E-state index contributed by atoms with van der Waals surface area (Å²) in [5.74, 6) is 0. The molecule has 2 nitrogen and oxygen atoms in total. The van der Waals surface area contributed by atoms with Crippen LogP contribution in [0, 0.1) is 0 Å². The van der Waals surface area contributed by atoms with E-state index in [0.717, 1.165) is 0 Å². The van der Waals surface area contributed by atoms with Gasteiger partial charge in [-0.15, -0.1) is 0 Å². The molecule has 0 aromatic rings. The van der Waals surface area contributed by atoms with Crippen LogP contribution in [0.1, 0.15) is 13.8 Å². The van der Waals surface area contributed by atoms with Crippen LogP contribution in [0.3, 0.4) is 0 Å². The molecule has 0 atom stereocenters. The fraction of sp³-hybridized carbons (Fsp3) is 1.00. The van der Waals surface area contributed by atoms with Crippen LogP contribution in [-0.2, 0) is 4.57 Å². The molecule has 0 aliphatic heterocycles. The third kappa shape index (κ3) is 5.33. The van der Waals surface area contributed by atoms with Gasteiger partial charge in [0.1, 0.15) is 0 Å². The predicted octanol–water partition coefficient (Wildman–Crippen LogP) is -2.33. The second-order valence-corrected chi connectivity index (χ2v) is 4.34. The minimum Gasteiger partial charge on any atom is -0.799 e. The van der Waals surface area contributed by atoms with Gasteiger partial charge in [-0.05, 0) is 12.3 Å². The van der Waals surface area contributed by atoms with E-state index in [1.54, 1.807) is 13.8 Å². The quantitative estimate of drug-likeness (QED) is 0.322. The summed E-state index contributed by atoms with van der Waals surface area (Å²) in [5, 5.41) is 0. The van der Waals surface area contributed by atoms with E-state index in [1.807, 2.05) is 0 Å². The van der Waals surface area contributed by atoms with E-state index in [0.29, 0.717) is 12.3 Å². The monoisotopic (exact) mass is 144 g/mol. The molecule has 0 aliphatic rings. The molecule has 0 unspecified atom stereocenters. The molecule has 0 aromatic carbocycles. The van der Waals surface area contributed by atoms with Crippen LogP contribution in [0.25, 0.3) is 0 Å². The first kappa shape index (κ1) is 11.9. The fourth-order valence-electron chi connectivity index (χ4n) is 0.224. The van der Waals surface area contributed by atoms with Crippen molar-refractivity contribution >= 4 is 7.37 Å². The number of rotatable bonds is 2.